The van der Waals surface area contributed by atoms with E-state index >= 15 is 0 Å². The fourth-order valence-corrected chi connectivity index (χ4v) is 14.9. The van der Waals surface area contributed by atoms with Crippen LogP contribution in [-0.4, -0.2) is 6.85 Å². The van der Waals surface area contributed by atoms with Gasteiger partial charge in [-0.25, -0.2) is 0 Å². The molecule has 1 aromatic heterocycles. The first-order valence-corrected chi connectivity index (χ1v) is 27.0. The second kappa shape index (κ2) is 15.0. The molecular formula is C66H71BN2S. The minimum atomic E-state index is -0.0838. The minimum Gasteiger partial charge on any atom is -0.376 e. The summed E-state index contributed by atoms with van der Waals surface area (Å²) in [4.78, 5) is 5.53. The van der Waals surface area contributed by atoms with Crippen molar-refractivity contribution < 1.29 is 0 Å². The molecule has 354 valence electrons. The van der Waals surface area contributed by atoms with E-state index in [0.29, 0.717) is 0 Å². The lowest BCUT2D eigenvalue weighted by Gasteiger charge is -2.46. The quantitative estimate of drug-likeness (QED) is 0.163. The highest BCUT2D eigenvalue weighted by atomic mass is 32.1. The second-order valence-electron chi connectivity index (χ2n) is 25.8. The van der Waals surface area contributed by atoms with Crippen LogP contribution in [0, 0.1) is 27.7 Å². The molecule has 0 amide bonds. The Morgan fingerprint density at radius 1 is 0.514 bits per heavy atom. The summed E-state index contributed by atoms with van der Waals surface area (Å²) in [6, 6.07) is 44.1. The fraction of sp³-hybridized carbons (Fsp3) is 0.364. The van der Waals surface area contributed by atoms with Gasteiger partial charge in [0.25, 0.3) is 0 Å². The van der Waals surface area contributed by atoms with Crippen LogP contribution in [0.2, 0.25) is 0 Å². The van der Waals surface area contributed by atoms with E-state index in [2.05, 4.69) is 223 Å². The summed E-state index contributed by atoms with van der Waals surface area (Å²) in [5.74, 6) is 0. The molecule has 2 nitrogen and oxygen atoms in total. The van der Waals surface area contributed by atoms with Gasteiger partial charge in [-0.3, -0.25) is 0 Å². The number of nitrogens with zero attached hydrogens (tertiary/aromatic N) is 2. The molecule has 4 aliphatic rings. The zero-order chi connectivity index (χ0) is 49.4. The second-order valence-corrected chi connectivity index (χ2v) is 26.8. The summed E-state index contributed by atoms with van der Waals surface area (Å²) in [6.45, 7) is 36.0. The van der Waals surface area contributed by atoms with Crippen molar-refractivity contribution in [2.45, 2.75) is 157 Å². The van der Waals surface area contributed by atoms with Crippen LogP contribution in [0.15, 0.2) is 109 Å². The Morgan fingerprint density at radius 3 is 1.67 bits per heavy atom. The smallest absolute Gasteiger partial charge is 0.334 e. The molecule has 0 unspecified atom stereocenters. The molecule has 0 N–H and O–H groups in total. The molecule has 0 saturated carbocycles. The maximum Gasteiger partial charge on any atom is 0.334 e. The first kappa shape index (κ1) is 45.6. The van der Waals surface area contributed by atoms with Crippen LogP contribution < -0.4 is 20.6 Å². The van der Waals surface area contributed by atoms with Crippen LogP contribution >= 0.6 is 11.3 Å². The summed E-state index contributed by atoms with van der Waals surface area (Å²) in [5, 5.41) is 5.29. The first-order chi connectivity index (χ1) is 32.9. The van der Waals surface area contributed by atoms with Gasteiger partial charge in [-0.1, -0.05) is 136 Å². The number of aryl methyl sites for hydroxylation is 4. The molecule has 2 aliphatic carbocycles. The summed E-state index contributed by atoms with van der Waals surface area (Å²) in [6.07, 6.45) is 4.74. The predicted molar refractivity (Wildman–Crippen MR) is 307 cm³/mol. The van der Waals surface area contributed by atoms with E-state index in [9.17, 15) is 0 Å². The number of anilines is 5. The van der Waals surface area contributed by atoms with Gasteiger partial charge in [0.1, 0.15) is 0 Å². The molecule has 0 bridgehead atoms. The Kier molecular flexibility index (Phi) is 9.75. The highest BCUT2D eigenvalue weighted by Crippen LogP contribution is 2.56. The Hall–Kier alpha value is -5.58. The van der Waals surface area contributed by atoms with Gasteiger partial charge in [-0.15, -0.1) is 11.3 Å². The van der Waals surface area contributed by atoms with Crippen molar-refractivity contribution in [1.82, 2.24) is 0 Å². The number of rotatable bonds is 3. The maximum atomic E-state index is 2.77. The molecule has 4 heteroatoms. The van der Waals surface area contributed by atoms with E-state index in [-0.39, 0.29) is 33.9 Å². The normalized spacial score (nSPS) is 18.1. The Bertz CT molecular complexity index is 3510. The molecule has 0 atom stereocenters. The topological polar surface area (TPSA) is 6.48 Å². The van der Waals surface area contributed by atoms with E-state index in [4.69, 9.17) is 0 Å². The summed E-state index contributed by atoms with van der Waals surface area (Å²) in [5.41, 5.74) is 26.3. The fourth-order valence-electron chi connectivity index (χ4n) is 13.6. The number of fused-ring (bicyclic) bond motifs is 9. The van der Waals surface area contributed by atoms with Crippen LogP contribution in [-0.2, 0) is 27.1 Å². The van der Waals surface area contributed by atoms with E-state index in [1.54, 1.807) is 0 Å². The lowest BCUT2D eigenvalue weighted by molar-refractivity contribution is 0.332. The lowest BCUT2D eigenvalue weighted by Crippen LogP contribution is -2.61. The van der Waals surface area contributed by atoms with Gasteiger partial charge in [-0.05, 0) is 223 Å². The highest BCUT2D eigenvalue weighted by molar-refractivity contribution is 7.26. The molecule has 2 aliphatic heterocycles. The van der Waals surface area contributed by atoms with Crippen molar-refractivity contribution in [2.75, 3.05) is 9.71 Å². The third-order valence-corrected chi connectivity index (χ3v) is 19.0. The van der Waals surface area contributed by atoms with E-state index in [0.717, 1.165) is 0 Å². The standard InChI is InChI=1S/C66H71BN2S/c1-38-28-40(3)58(41(4)29-38)44-32-48-47-31-42-18-16-17-19-43(42)33-55(47)69(46-22-20-45(21-23-46)62(5,6)7)67-59(48)56(34-44)68(54-36-52-50(30-39(54)2)63(8,9)24-26-65(52,12)13)61-60(67)49-35-51-53(37-57(49)70-61)66(14,15)27-25-64(51,10)11/h16-23,28-37H,24-27H2,1-15H3. The average Bonchev–Trinajstić information content (AvgIpc) is 3.66. The molecular weight excluding hydrogens is 864 g/mol. The predicted octanol–water partition coefficient (Wildman–Crippen LogP) is 17.7. The van der Waals surface area contributed by atoms with Crippen molar-refractivity contribution in [3.05, 3.63) is 159 Å². The van der Waals surface area contributed by atoms with Gasteiger partial charge in [0.15, 0.2) is 0 Å². The lowest BCUT2D eigenvalue weighted by atomic mass is 9.43. The summed E-state index contributed by atoms with van der Waals surface area (Å²) in [7, 11) is 0. The van der Waals surface area contributed by atoms with Gasteiger partial charge in [-0.2, -0.15) is 0 Å². The molecule has 0 fully saturated rings. The average molecular weight is 935 g/mol. The Balaban J connectivity index is 1.27. The molecule has 3 heterocycles. The van der Waals surface area contributed by atoms with Crippen molar-refractivity contribution in [1.29, 1.82) is 0 Å². The first-order valence-electron chi connectivity index (χ1n) is 26.2. The number of thiophene rings is 1. The van der Waals surface area contributed by atoms with Crippen LogP contribution in [0.3, 0.4) is 0 Å². The molecule has 0 saturated heterocycles. The van der Waals surface area contributed by atoms with Crippen molar-refractivity contribution in [2.24, 2.45) is 0 Å². The van der Waals surface area contributed by atoms with E-state index < -0.39 is 0 Å². The van der Waals surface area contributed by atoms with Crippen LogP contribution in [0.1, 0.15) is 152 Å². The molecule has 70 heavy (non-hydrogen) atoms. The number of hydrogen-bond acceptors (Lipinski definition) is 3. The largest absolute Gasteiger partial charge is 0.376 e. The van der Waals surface area contributed by atoms with Gasteiger partial charge < -0.3 is 9.71 Å². The molecule has 0 spiro atoms. The van der Waals surface area contributed by atoms with Crippen molar-refractivity contribution >= 4 is 77.7 Å². The molecule has 8 aromatic rings. The third-order valence-electron chi connectivity index (χ3n) is 17.9. The summed E-state index contributed by atoms with van der Waals surface area (Å²) >= 11 is 2.03. The number of hydrogen-bond donors (Lipinski definition) is 0. The molecule has 7 aromatic carbocycles. The van der Waals surface area contributed by atoms with Gasteiger partial charge in [0.2, 0.25) is 0 Å². The van der Waals surface area contributed by atoms with Gasteiger partial charge in [0, 0.05) is 27.3 Å². The van der Waals surface area contributed by atoms with Crippen LogP contribution in [0.25, 0.3) is 43.1 Å². The minimum absolute atomic E-state index is 0.0369. The maximum absolute atomic E-state index is 2.77. The Morgan fingerprint density at radius 2 is 1.07 bits per heavy atom. The van der Waals surface area contributed by atoms with E-state index in [1.807, 2.05) is 11.3 Å². The highest BCUT2D eigenvalue weighted by Gasteiger charge is 2.49. The SMILES string of the molecule is Cc1cc(C)c(-c2cc3c4c(c2)N(c2cc5c(cc2C)C(C)(C)CCC5(C)C)c2sc5cc6c(cc5c2B4N(c2ccc(C(C)(C)C)cc2)c2cc4ccccc4cc2-3)C(C)(C)CCC6(C)C)c(C)c1. The molecule has 12 rings (SSSR count). The van der Waals surface area contributed by atoms with Gasteiger partial charge >= 0.3 is 6.85 Å². The van der Waals surface area contributed by atoms with Crippen molar-refractivity contribution in [3.63, 3.8) is 0 Å². The summed E-state index contributed by atoms with van der Waals surface area (Å²) < 4.78 is 1.39. The third kappa shape index (κ3) is 6.70. The van der Waals surface area contributed by atoms with Crippen LogP contribution in [0.4, 0.5) is 27.8 Å². The van der Waals surface area contributed by atoms with Crippen LogP contribution in [0.5, 0.6) is 0 Å². The zero-order valence-corrected chi connectivity index (χ0v) is 45.4. The van der Waals surface area contributed by atoms with Crippen molar-refractivity contribution in [3.8, 4) is 22.3 Å². The Labute approximate surface area is 423 Å². The number of benzene rings is 7. The van der Waals surface area contributed by atoms with E-state index in [1.165, 1.54) is 158 Å². The molecule has 0 radical (unpaired) electrons. The zero-order valence-electron chi connectivity index (χ0n) is 44.6. The monoisotopic (exact) mass is 935 g/mol. The van der Waals surface area contributed by atoms with Gasteiger partial charge in [0.05, 0.1) is 10.7 Å².